The number of carbonyl (C=O) groups is 1. The number of likely N-dealkylation sites (tertiary alicyclic amines) is 2. The molecular weight excluding hydrogens is 442 g/mol. The Balaban J connectivity index is 1.16. The standard InChI is InChI=1S/C24H30BrN3O2/c25-20-4-1-19(2-5-20)3-6-24(29)28-15-9-21(10-16-28)27-17-11-23(12-18-27)30-22-7-13-26-14-8-22/h1-2,4-5,7-8,13-14,21,23H,3,6,9-12,15-18H2. The Hall–Kier alpha value is -1.92. The van der Waals surface area contributed by atoms with E-state index < -0.39 is 0 Å². The van der Waals surface area contributed by atoms with Crippen molar-refractivity contribution in [3.63, 3.8) is 0 Å². The topological polar surface area (TPSA) is 45.7 Å². The second-order valence-electron chi connectivity index (χ2n) is 8.27. The van der Waals surface area contributed by atoms with E-state index in [9.17, 15) is 4.79 Å². The molecule has 0 aliphatic carbocycles. The average Bonchev–Trinajstić information content (AvgIpc) is 2.80. The Morgan fingerprint density at radius 1 is 0.967 bits per heavy atom. The molecule has 160 valence electrons. The zero-order valence-corrected chi connectivity index (χ0v) is 19.0. The molecule has 0 bridgehead atoms. The van der Waals surface area contributed by atoms with E-state index in [0.29, 0.717) is 24.5 Å². The van der Waals surface area contributed by atoms with E-state index in [1.165, 1.54) is 5.56 Å². The third-order valence-corrected chi connectivity index (χ3v) is 6.83. The third-order valence-electron chi connectivity index (χ3n) is 6.30. The van der Waals surface area contributed by atoms with E-state index in [4.69, 9.17) is 4.74 Å². The van der Waals surface area contributed by atoms with Crippen molar-refractivity contribution in [1.29, 1.82) is 0 Å². The summed E-state index contributed by atoms with van der Waals surface area (Å²) in [7, 11) is 0. The van der Waals surface area contributed by atoms with Crippen LogP contribution >= 0.6 is 15.9 Å². The van der Waals surface area contributed by atoms with Gasteiger partial charge in [0.2, 0.25) is 5.91 Å². The highest BCUT2D eigenvalue weighted by Gasteiger charge is 2.30. The normalized spacial score (nSPS) is 19.0. The summed E-state index contributed by atoms with van der Waals surface area (Å²) in [4.78, 5) is 21.3. The van der Waals surface area contributed by atoms with Crippen molar-refractivity contribution in [2.24, 2.45) is 0 Å². The molecule has 4 rings (SSSR count). The lowest BCUT2D eigenvalue weighted by Crippen LogP contribution is -2.50. The van der Waals surface area contributed by atoms with Gasteiger partial charge in [-0.15, -0.1) is 0 Å². The van der Waals surface area contributed by atoms with E-state index in [0.717, 1.165) is 68.5 Å². The Kier molecular flexibility index (Phi) is 7.39. The molecule has 2 aliphatic heterocycles. The van der Waals surface area contributed by atoms with Crippen LogP contribution in [0, 0.1) is 0 Å². The first-order chi connectivity index (χ1) is 14.7. The number of halogens is 1. The maximum atomic E-state index is 12.6. The maximum Gasteiger partial charge on any atom is 0.222 e. The van der Waals surface area contributed by atoms with Gasteiger partial charge in [-0.3, -0.25) is 14.7 Å². The van der Waals surface area contributed by atoms with Crippen LogP contribution in [0.5, 0.6) is 5.75 Å². The molecule has 0 atom stereocenters. The minimum Gasteiger partial charge on any atom is -0.490 e. The summed E-state index contributed by atoms with van der Waals surface area (Å²) in [5.74, 6) is 1.21. The molecule has 5 nitrogen and oxygen atoms in total. The van der Waals surface area contributed by atoms with Crippen LogP contribution in [0.3, 0.4) is 0 Å². The lowest BCUT2D eigenvalue weighted by atomic mass is 9.98. The van der Waals surface area contributed by atoms with Crippen molar-refractivity contribution in [2.45, 2.75) is 50.7 Å². The van der Waals surface area contributed by atoms with Gasteiger partial charge in [0.1, 0.15) is 11.9 Å². The van der Waals surface area contributed by atoms with Crippen LogP contribution in [0.4, 0.5) is 0 Å². The molecule has 2 aromatic rings. The molecule has 2 aliphatic rings. The van der Waals surface area contributed by atoms with Crippen molar-refractivity contribution >= 4 is 21.8 Å². The monoisotopic (exact) mass is 471 g/mol. The third kappa shape index (κ3) is 5.82. The number of nitrogens with zero attached hydrogens (tertiary/aromatic N) is 3. The van der Waals surface area contributed by atoms with Gasteiger partial charge in [0.05, 0.1) is 0 Å². The zero-order chi connectivity index (χ0) is 20.8. The summed E-state index contributed by atoms with van der Waals surface area (Å²) in [6.45, 7) is 3.93. The number of aromatic nitrogens is 1. The van der Waals surface area contributed by atoms with Crippen molar-refractivity contribution in [2.75, 3.05) is 26.2 Å². The quantitative estimate of drug-likeness (QED) is 0.629. The Labute approximate surface area is 187 Å². The first-order valence-electron chi connectivity index (χ1n) is 11.0. The molecule has 0 spiro atoms. The van der Waals surface area contributed by atoms with Crippen molar-refractivity contribution < 1.29 is 9.53 Å². The van der Waals surface area contributed by atoms with Crippen LogP contribution in [-0.4, -0.2) is 59.0 Å². The van der Waals surface area contributed by atoms with Crippen LogP contribution in [0.25, 0.3) is 0 Å². The summed E-state index contributed by atoms with van der Waals surface area (Å²) in [5.41, 5.74) is 1.22. The minimum absolute atomic E-state index is 0.292. The summed E-state index contributed by atoms with van der Waals surface area (Å²) < 4.78 is 7.16. The van der Waals surface area contributed by atoms with E-state index >= 15 is 0 Å². The number of rotatable bonds is 6. The molecule has 1 aromatic heterocycles. The van der Waals surface area contributed by atoms with Crippen LogP contribution in [0.2, 0.25) is 0 Å². The molecule has 0 radical (unpaired) electrons. The van der Waals surface area contributed by atoms with Crippen LogP contribution < -0.4 is 4.74 Å². The van der Waals surface area contributed by atoms with Crippen molar-refractivity contribution in [3.8, 4) is 5.75 Å². The molecule has 0 N–H and O–H groups in total. The second kappa shape index (κ2) is 10.4. The largest absolute Gasteiger partial charge is 0.490 e. The first kappa shape index (κ1) is 21.3. The van der Waals surface area contributed by atoms with Gasteiger partial charge in [-0.25, -0.2) is 0 Å². The number of carbonyl (C=O) groups excluding carboxylic acids is 1. The highest BCUT2D eigenvalue weighted by Crippen LogP contribution is 2.24. The number of hydrogen-bond donors (Lipinski definition) is 0. The zero-order valence-electron chi connectivity index (χ0n) is 17.4. The molecule has 30 heavy (non-hydrogen) atoms. The lowest BCUT2D eigenvalue weighted by Gasteiger charge is -2.41. The van der Waals surface area contributed by atoms with E-state index in [1.807, 2.05) is 24.3 Å². The van der Waals surface area contributed by atoms with Gasteiger partial charge in [-0.05, 0) is 61.9 Å². The van der Waals surface area contributed by atoms with Gasteiger partial charge >= 0.3 is 0 Å². The van der Waals surface area contributed by atoms with E-state index in [-0.39, 0.29) is 0 Å². The minimum atomic E-state index is 0.292. The number of piperidine rings is 2. The summed E-state index contributed by atoms with van der Waals surface area (Å²) in [6, 6.07) is 12.7. The number of aryl methyl sites for hydroxylation is 1. The highest BCUT2D eigenvalue weighted by molar-refractivity contribution is 9.10. The fourth-order valence-electron chi connectivity index (χ4n) is 4.51. The lowest BCUT2D eigenvalue weighted by molar-refractivity contribution is -0.132. The molecule has 6 heteroatoms. The van der Waals surface area contributed by atoms with E-state index in [1.54, 1.807) is 12.4 Å². The van der Waals surface area contributed by atoms with Crippen LogP contribution in [0.1, 0.15) is 37.7 Å². The van der Waals surface area contributed by atoms with Gasteiger partial charge in [0.15, 0.2) is 0 Å². The molecular formula is C24H30BrN3O2. The fourth-order valence-corrected chi connectivity index (χ4v) is 4.77. The number of benzene rings is 1. The Morgan fingerprint density at radius 2 is 1.63 bits per heavy atom. The predicted molar refractivity (Wildman–Crippen MR) is 122 cm³/mol. The summed E-state index contributed by atoms with van der Waals surface area (Å²) in [6.07, 6.45) is 9.56. The molecule has 1 amide bonds. The number of amides is 1. The highest BCUT2D eigenvalue weighted by atomic mass is 79.9. The van der Waals surface area contributed by atoms with Crippen molar-refractivity contribution in [3.05, 3.63) is 58.8 Å². The second-order valence-corrected chi connectivity index (χ2v) is 9.19. The van der Waals surface area contributed by atoms with Crippen LogP contribution in [0.15, 0.2) is 53.3 Å². The predicted octanol–water partition coefficient (Wildman–Crippen LogP) is 4.31. The number of hydrogen-bond acceptors (Lipinski definition) is 4. The molecule has 2 saturated heterocycles. The Morgan fingerprint density at radius 3 is 2.30 bits per heavy atom. The Bertz CT molecular complexity index is 799. The molecule has 0 saturated carbocycles. The summed E-state index contributed by atoms with van der Waals surface area (Å²) in [5, 5.41) is 0. The smallest absolute Gasteiger partial charge is 0.222 e. The molecule has 0 unspecified atom stereocenters. The van der Waals surface area contributed by atoms with Gasteiger partial charge in [0, 0.05) is 55.5 Å². The van der Waals surface area contributed by atoms with E-state index in [2.05, 4.69) is 42.8 Å². The van der Waals surface area contributed by atoms with Crippen LogP contribution in [-0.2, 0) is 11.2 Å². The van der Waals surface area contributed by atoms with Gasteiger partial charge < -0.3 is 9.64 Å². The van der Waals surface area contributed by atoms with Gasteiger partial charge in [0.25, 0.3) is 0 Å². The number of ether oxygens (including phenoxy) is 1. The number of pyridine rings is 1. The average molecular weight is 472 g/mol. The molecule has 1 aromatic carbocycles. The van der Waals surface area contributed by atoms with Gasteiger partial charge in [-0.1, -0.05) is 28.1 Å². The van der Waals surface area contributed by atoms with Crippen molar-refractivity contribution in [1.82, 2.24) is 14.8 Å². The summed E-state index contributed by atoms with van der Waals surface area (Å²) >= 11 is 3.46. The molecule has 2 fully saturated rings. The van der Waals surface area contributed by atoms with Gasteiger partial charge in [-0.2, -0.15) is 0 Å². The fraction of sp³-hybridized carbons (Fsp3) is 0.500. The maximum absolute atomic E-state index is 12.6. The first-order valence-corrected chi connectivity index (χ1v) is 11.8. The molecule has 3 heterocycles. The SMILES string of the molecule is O=C(CCc1ccc(Br)cc1)N1CCC(N2CCC(Oc3ccncc3)CC2)CC1.